The van der Waals surface area contributed by atoms with Crippen LogP contribution in [-0.4, -0.2) is 55.7 Å². The molecule has 0 unspecified atom stereocenters. The van der Waals surface area contributed by atoms with Crippen molar-refractivity contribution in [3.05, 3.63) is 58.6 Å². The minimum Gasteiger partial charge on any atom is -0.508 e. The number of hydrogen-bond donors (Lipinski definition) is 2. The summed E-state index contributed by atoms with van der Waals surface area (Å²) in [5.74, 6) is 0.463. The molecular formula is C20H25BrN3O2+. The molecule has 2 aromatic rings. The van der Waals surface area contributed by atoms with Crippen molar-refractivity contribution in [1.82, 2.24) is 4.90 Å². The highest BCUT2D eigenvalue weighted by Gasteiger charge is 2.24. The Hall–Kier alpha value is -2.05. The number of carbonyl (C=O) groups excluding carboxylic acids is 1. The Bertz CT molecular complexity index is 743. The second kappa shape index (κ2) is 8.56. The largest absolute Gasteiger partial charge is 0.508 e. The second-order valence-electron chi connectivity index (χ2n) is 6.77. The van der Waals surface area contributed by atoms with E-state index in [2.05, 4.69) is 20.8 Å². The molecule has 26 heavy (non-hydrogen) atoms. The van der Waals surface area contributed by atoms with E-state index >= 15 is 0 Å². The number of likely N-dealkylation sites (N-methyl/N-ethyl adjacent to an activating group) is 1. The van der Waals surface area contributed by atoms with Crippen LogP contribution in [0.15, 0.2) is 53.0 Å². The van der Waals surface area contributed by atoms with Gasteiger partial charge in [-0.05, 0) is 35.9 Å². The fourth-order valence-corrected chi connectivity index (χ4v) is 3.65. The Kier molecular flexibility index (Phi) is 6.16. The lowest BCUT2D eigenvalue weighted by Crippen LogP contribution is -3.15. The van der Waals surface area contributed by atoms with Gasteiger partial charge in [0.15, 0.2) is 6.54 Å². The first kappa shape index (κ1) is 18.7. The Morgan fingerprint density at radius 3 is 2.46 bits per heavy atom. The lowest BCUT2D eigenvalue weighted by molar-refractivity contribution is -0.892. The summed E-state index contributed by atoms with van der Waals surface area (Å²) < 4.78 is 1.04. The number of phenolic OH excluding ortho intramolecular Hbond substituents is 1. The van der Waals surface area contributed by atoms with Gasteiger partial charge in [0.25, 0.3) is 5.91 Å². The van der Waals surface area contributed by atoms with Crippen molar-refractivity contribution >= 4 is 27.5 Å². The van der Waals surface area contributed by atoms with Crippen molar-refractivity contribution in [2.24, 2.45) is 0 Å². The molecule has 0 spiro atoms. The van der Waals surface area contributed by atoms with Gasteiger partial charge in [0.1, 0.15) is 5.75 Å². The molecule has 0 radical (unpaired) electrons. The van der Waals surface area contributed by atoms with Gasteiger partial charge >= 0.3 is 0 Å². The molecule has 2 aromatic carbocycles. The predicted molar refractivity (Wildman–Crippen MR) is 106 cm³/mol. The van der Waals surface area contributed by atoms with Crippen molar-refractivity contribution < 1.29 is 14.8 Å². The fraction of sp³-hybridized carbons (Fsp3) is 0.350. The molecule has 138 valence electrons. The molecule has 1 fully saturated rings. The van der Waals surface area contributed by atoms with E-state index in [0.29, 0.717) is 13.1 Å². The van der Waals surface area contributed by atoms with E-state index in [-0.39, 0.29) is 11.7 Å². The van der Waals surface area contributed by atoms with Crippen LogP contribution in [-0.2, 0) is 11.3 Å². The summed E-state index contributed by atoms with van der Waals surface area (Å²) in [5, 5.41) is 9.40. The number of nitrogens with zero attached hydrogens (tertiary/aromatic N) is 2. The summed E-state index contributed by atoms with van der Waals surface area (Å²) in [7, 11) is 1.87. The highest BCUT2D eigenvalue weighted by Crippen LogP contribution is 2.18. The average Bonchev–Trinajstić information content (AvgIpc) is 2.65. The summed E-state index contributed by atoms with van der Waals surface area (Å²) in [5.41, 5.74) is 2.25. The highest BCUT2D eigenvalue weighted by atomic mass is 79.9. The number of aromatic hydroxyl groups is 1. The number of anilines is 1. The van der Waals surface area contributed by atoms with Crippen LogP contribution in [0.2, 0.25) is 0 Å². The van der Waals surface area contributed by atoms with E-state index in [0.717, 1.165) is 41.9 Å². The lowest BCUT2D eigenvalue weighted by Gasteiger charge is -2.34. The minimum absolute atomic E-state index is 0.175. The molecule has 3 rings (SSSR count). The van der Waals surface area contributed by atoms with Crippen LogP contribution in [0.4, 0.5) is 5.69 Å². The summed E-state index contributed by atoms with van der Waals surface area (Å²) in [6.07, 6.45) is 0. The number of rotatable bonds is 5. The molecule has 1 saturated heterocycles. The van der Waals surface area contributed by atoms with Gasteiger partial charge in [0.05, 0.1) is 26.2 Å². The van der Waals surface area contributed by atoms with E-state index in [1.54, 1.807) is 17.0 Å². The second-order valence-corrected chi connectivity index (χ2v) is 7.63. The number of phenols is 1. The average molecular weight is 419 g/mol. The number of amides is 1. The van der Waals surface area contributed by atoms with E-state index in [1.165, 1.54) is 4.90 Å². The molecule has 0 saturated carbocycles. The molecule has 2 N–H and O–H groups in total. The zero-order valence-electron chi connectivity index (χ0n) is 15.0. The van der Waals surface area contributed by atoms with E-state index in [9.17, 15) is 9.90 Å². The maximum atomic E-state index is 12.6. The van der Waals surface area contributed by atoms with Crippen LogP contribution in [0.5, 0.6) is 5.75 Å². The molecule has 5 nitrogen and oxygen atoms in total. The SMILES string of the molecule is CN(Cc1ccccc1Br)C(=O)C[NH+]1CCN(c2ccc(O)cc2)CC1. The molecule has 1 aliphatic rings. The Labute approximate surface area is 163 Å². The van der Waals surface area contributed by atoms with Crippen LogP contribution >= 0.6 is 15.9 Å². The van der Waals surface area contributed by atoms with Crippen LogP contribution in [0, 0.1) is 0 Å². The van der Waals surface area contributed by atoms with Gasteiger partial charge < -0.3 is 19.8 Å². The Morgan fingerprint density at radius 1 is 1.15 bits per heavy atom. The molecule has 1 amide bonds. The van der Waals surface area contributed by atoms with Gasteiger partial charge in [-0.15, -0.1) is 0 Å². The fourth-order valence-electron chi connectivity index (χ4n) is 3.24. The summed E-state index contributed by atoms with van der Waals surface area (Å²) in [4.78, 5) is 18.0. The third-order valence-electron chi connectivity index (χ3n) is 4.88. The Morgan fingerprint density at radius 2 is 1.81 bits per heavy atom. The third-order valence-corrected chi connectivity index (χ3v) is 5.65. The first-order valence-electron chi connectivity index (χ1n) is 8.88. The van der Waals surface area contributed by atoms with Crippen molar-refractivity contribution in [2.75, 3.05) is 44.7 Å². The van der Waals surface area contributed by atoms with Gasteiger partial charge in [0, 0.05) is 23.8 Å². The number of piperazine rings is 1. The molecule has 0 aliphatic carbocycles. The van der Waals surface area contributed by atoms with Crippen LogP contribution < -0.4 is 9.80 Å². The quantitative estimate of drug-likeness (QED) is 0.773. The van der Waals surface area contributed by atoms with Crippen LogP contribution in [0.25, 0.3) is 0 Å². The smallest absolute Gasteiger partial charge is 0.277 e. The normalized spacial score (nSPS) is 15.1. The standard InChI is InChI=1S/C20H24BrN3O2/c1-22(14-16-4-2-3-5-19(16)21)20(26)15-23-10-12-24(13-11-23)17-6-8-18(25)9-7-17/h2-9,25H,10-15H2,1H3/p+1. The van der Waals surface area contributed by atoms with Crippen molar-refractivity contribution in [2.45, 2.75) is 6.54 Å². The number of benzene rings is 2. The van der Waals surface area contributed by atoms with Gasteiger partial charge in [-0.2, -0.15) is 0 Å². The first-order valence-corrected chi connectivity index (χ1v) is 9.67. The Balaban J connectivity index is 1.48. The summed E-state index contributed by atoms with van der Waals surface area (Å²) in [6.45, 7) is 4.87. The third kappa shape index (κ3) is 4.77. The molecule has 0 aromatic heterocycles. The molecule has 1 aliphatic heterocycles. The maximum absolute atomic E-state index is 12.6. The van der Waals surface area contributed by atoms with Crippen molar-refractivity contribution in [1.29, 1.82) is 0 Å². The summed E-state index contributed by atoms with van der Waals surface area (Å²) in [6, 6.07) is 15.3. The lowest BCUT2D eigenvalue weighted by atomic mass is 10.2. The molecule has 6 heteroatoms. The van der Waals surface area contributed by atoms with Gasteiger partial charge in [-0.25, -0.2) is 0 Å². The van der Waals surface area contributed by atoms with E-state index in [4.69, 9.17) is 0 Å². The highest BCUT2D eigenvalue weighted by molar-refractivity contribution is 9.10. The zero-order valence-corrected chi connectivity index (χ0v) is 16.6. The van der Waals surface area contributed by atoms with E-state index < -0.39 is 0 Å². The molecule has 0 atom stereocenters. The van der Waals surface area contributed by atoms with Gasteiger partial charge in [0.2, 0.25) is 0 Å². The number of halogens is 1. The van der Waals surface area contributed by atoms with Crippen molar-refractivity contribution in [3.63, 3.8) is 0 Å². The van der Waals surface area contributed by atoms with Gasteiger partial charge in [-0.1, -0.05) is 34.1 Å². The zero-order chi connectivity index (χ0) is 18.5. The number of carbonyl (C=O) groups is 1. The van der Waals surface area contributed by atoms with Crippen LogP contribution in [0.1, 0.15) is 5.56 Å². The topological polar surface area (TPSA) is 48.2 Å². The summed E-state index contributed by atoms with van der Waals surface area (Å²) >= 11 is 3.54. The number of hydrogen-bond acceptors (Lipinski definition) is 3. The minimum atomic E-state index is 0.175. The monoisotopic (exact) mass is 418 g/mol. The van der Waals surface area contributed by atoms with Crippen molar-refractivity contribution in [3.8, 4) is 5.75 Å². The van der Waals surface area contributed by atoms with Gasteiger partial charge in [-0.3, -0.25) is 4.79 Å². The predicted octanol–water partition coefficient (Wildman–Crippen LogP) is 1.52. The first-order chi connectivity index (χ1) is 12.5. The molecule has 0 bridgehead atoms. The van der Waals surface area contributed by atoms with Crippen LogP contribution in [0.3, 0.4) is 0 Å². The maximum Gasteiger partial charge on any atom is 0.277 e. The van der Waals surface area contributed by atoms with E-state index in [1.807, 2.05) is 43.4 Å². The number of nitrogens with one attached hydrogen (secondary N) is 1. The molecular weight excluding hydrogens is 394 g/mol. The molecule has 1 heterocycles. The number of quaternary nitrogens is 1.